The average molecular weight is 338 g/mol. The van der Waals surface area contributed by atoms with Crippen molar-refractivity contribution in [3.63, 3.8) is 0 Å². The number of ether oxygens (including phenoxy) is 1. The molecule has 23 heavy (non-hydrogen) atoms. The van der Waals surface area contributed by atoms with Gasteiger partial charge in [-0.05, 0) is 32.6 Å². The maximum absolute atomic E-state index is 12.2. The number of alkyl halides is 3. The zero-order valence-electron chi connectivity index (χ0n) is 13.3. The van der Waals surface area contributed by atoms with E-state index < -0.39 is 24.7 Å². The Hall–Kier alpha value is -1.02. The van der Waals surface area contributed by atoms with Crippen molar-refractivity contribution in [2.24, 2.45) is 5.41 Å². The first-order chi connectivity index (χ1) is 10.8. The van der Waals surface area contributed by atoms with E-state index in [2.05, 4.69) is 10.6 Å². The summed E-state index contributed by atoms with van der Waals surface area (Å²) in [6.07, 6.45) is -2.46. The summed E-state index contributed by atoms with van der Waals surface area (Å²) in [5.41, 5.74) is -0.0150. The van der Waals surface area contributed by atoms with Gasteiger partial charge < -0.3 is 20.5 Å². The second-order valence-corrected chi connectivity index (χ2v) is 6.42. The summed E-state index contributed by atoms with van der Waals surface area (Å²) in [5, 5.41) is 14.1. The lowest BCUT2D eigenvalue weighted by molar-refractivity contribution is -0.204. The number of aliphatic hydroxyl groups is 1. The minimum Gasteiger partial charge on any atom is -0.384 e. The maximum Gasteiger partial charge on any atom is 0.414 e. The zero-order chi connectivity index (χ0) is 17.1. The van der Waals surface area contributed by atoms with Crippen molar-refractivity contribution in [3.8, 4) is 0 Å². The molecule has 0 radical (unpaired) electrons. The SMILES string of the molecule is CCO[C@@H]1C[C@H](NC(=O)NCC[C@H](O)C(F)(F)F)C12CCCC2. The van der Waals surface area contributed by atoms with Gasteiger partial charge in [-0.1, -0.05) is 12.8 Å². The molecule has 2 saturated carbocycles. The Morgan fingerprint density at radius 1 is 1.39 bits per heavy atom. The Bertz CT molecular complexity index is 411. The number of hydrogen-bond acceptors (Lipinski definition) is 3. The van der Waals surface area contributed by atoms with E-state index in [0.29, 0.717) is 6.61 Å². The number of hydrogen-bond donors (Lipinski definition) is 3. The average Bonchev–Trinajstić information content (AvgIpc) is 2.97. The normalized spacial score (nSPS) is 27.5. The summed E-state index contributed by atoms with van der Waals surface area (Å²) < 4.78 is 42.3. The van der Waals surface area contributed by atoms with Gasteiger partial charge in [-0.3, -0.25) is 0 Å². The number of rotatable bonds is 6. The van der Waals surface area contributed by atoms with Crippen LogP contribution in [0.2, 0.25) is 0 Å². The third-order valence-corrected chi connectivity index (χ3v) is 5.07. The Balaban J connectivity index is 1.75. The molecule has 2 aliphatic rings. The fourth-order valence-corrected chi connectivity index (χ4v) is 3.78. The molecule has 134 valence electrons. The molecule has 0 saturated heterocycles. The Kier molecular flexibility index (Phi) is 5.78. The predicted molar refractivity (Wildman–Crippen MR) is 77.9 cm³/mol. The van der Waals surface area contributed by atoms with Gasteiger partial charge in [0, 0.05) is 24.6 Å². The topological polar surface area (TPSA) is 70.6 Å². The van der Waals surface area contributed by atoms with Crippen LogP contribution in [0.5, 0.6) is 0 Å². The number of carbonyl (C=O) groups is 1. The van der Waals surface area contributed by atoms with Crippen LogP contribution in [0.25, 0.3) is 0 Å². The molecule has 0 unspecified atom stereocenters. The van der Waals surface area contributed by atoms with Crippen molar-refractivity contribution in [2.75, 3.05) is 13.2 Å². The minimum absolute atomic E-state index is 0.00842. The number of urea groups is 1. The highest BCUT2D eigenvalue weighted by molar-refractivity contribution is 5.74. The van der Waals surface area contributed by atoms with E-state index in [1.54, 1.807) is 0 Å². The molecule has 3 N–H and O–H groups in total. The molecule has 0 aromatic rings. The first kappa shape index (κ1) is 18.3. The highest BCUT2D eigenvalue weighted by atomic mass is 19.4. The van der Waals surface area contributed by atoms with Crippen LogP contribution in [0.4, 0.5) is 18.0 Å². The highest BCUT2D eigenvalue weighted by Crippen LogP contribution is 2.54. The highest BCUT2D eigenvalue weighted by Gasteiger charge is 2.57. The maximum atomic E-state index is 12.2. The predicted octanol–water partition coefficient (Wildman–Crippen LogP) is 2.34. The molecule has 2 amide bonds. The second kappa shape index (κ2) is 7.25. The van der Waals surface area contributed by atoms with Gasteiger partial charge >= 0.3 is 12.2 Å². The van der Waals surface area contributed by atoms with Crippen LogP contribution in [-0.4, -0.2) is 48.7 Å². The Morgan fingerprint density at radius 3 is 2.61 bits per heavy atom. The first-order valence-corrected chi connectivity index (χ1v) is 8.20. The van der Waals surface area contributed by atoms with E-state index in [0.717, 1.165) is 32.1 Å². The lowest BCUT2D eigenvalue weighted by atomic mass is 9.60. The van der Waals surface area contributed by atoms with Crippen molar-refractivity contribution in [1.29, 1.82) is 0 Å². The molecule has 0 aliphatic heterocycles. The van der Waals surface area contributed by atoms with Gasteiger partial charge in [0.2, 0.25) is 0 Å². The first-order valence-electron chi connectivity index (χ1n) is 8.20. The van der Waals surface area contributed by atoms with E-state index in [-0.39, 0.29) is 24.1 Å². The number of aliphatic hydroxyl groups excluding tert-OH is 1. The molecule has 5 nitrogen and oxygen atoms in total. The van der Waals surface area contributed by atoms with Crippen LogP contribution in [0.3, 0.4) is 0 Å². The van der Waals surface area contributed by atoms with E-state index in [1.165, 1.54) is 0 Å². The van der Waals surface area contributed by atoms with Gasteiger partial charge in [-0.15, -0.1) is 0 Å². The van der Waals surface area contributed by atoms with Crippen LogP contribution in [0.1, 0.15) is 45.4 Å². The smallest absolute Gasteiger partial charge is 0.384 e. The summed E-state index contributed by atoms with van der Waals surface area (Å²) in [6, 6.07) is -0.473. The van der Waals surface area contributed by atoms with Crippen molar-refractivity contribution >= 4 is 6.03 Å². The van der Waals surface area contributed by atoms with Crippen molar-refractivity contribution in [3.05, 3.63) is 0 Å². The molecule has 8 heteroatoms. The number of amides is 2. The van der Waals surface area contributed by atoms with Crippen molar-refractivity contribution in [1.82, 2.24) is 10.6 Å². The van der Waals surface area contributed by atoms with E-state index in [9.17, 15) is 18.0 Å². The van der Waals surface area contributed by atoms with E-state index in [1.807, 2.05) is 6.92 Å². The van der Waals surface area contributed by atoms with Gasteiger partial charge in [0.05, 0.1) is 6.10 Å². The standard InChI is InChI=1S/C15H25F3N2O3/c1-2-23-12-9-10(14(12)6-3-4-7-14)20-13(22)19-8-5-11(21)15(16,17)18/h10-12,21H,2-9H2,1H3,(H2,19,20,22)/t10-,11-,12+/m0/s1. The summed E-state index contributed by atoms with van der Waals surface area (Å²) in [7, 11) is 0. The fraction of sp³-hybridized carbons (Fsp3) is 0.933. The number of nitrogens with one attached hydrogen (secondary N) is 2. The summed E-state index contributed by atoms with van der Waals surface area (Å²) in [5.74, 6) is 0. The largest absolute Gasteiger partial charge is 0.414 e. The third kappa shape index (κ3) is 4.09. The number of carbonyl (C=O) groups excluding carboxylic acids is 1. The van der Waals surface area contributed by atoms with Gasteiger partial charge in [0.25, 0.3) is 0 Å². The van der Waals surface area contributed by atoms with Crippen LogP contribution in [0, 0.1) is 5.41 Å². The molecule has 2 fully saturated rings. The molecular formula is C15H25F3N2O3. The molecule has 2 rings (SSSR count). The molecular weight excluding hydrogens is 313 g/mol. The van der Waals surface area contributed by atoms with Crippen LogP contribution in [-0.2, 0) is 4.74 Å². The molecule has 1 spiro atoms. The summed E-state index contributed by atoms with van der Waals surface area (Å²) >= 11 is 0. The summed E-state index contributed by atoms with van der Waals surface area (Å²) in [6.45, 7) is 2.36. The Labute approximate surface area is 134 Å². The minimum atomic E-state index is -4.65. The Morgan fingerprint density at radius 2 is 2.04 bits per heavy atom. The van der Waals surface area contributed by atoms with Crippen LogP contribution in [0.15, 0.2) is 0 Å². The van der Waals surface area contributed by atoms with E-state index in [4.69, 9.17) is 9.84 Å². The molecule has 0 heterocycles. The number of halogens is 3. The van der Waals surface area contributed by atoms with Crippen LogP contribution >= 0.6 is 0 Å². The summed E-state index contributed by atoms with van der Waals surface area (Å²) in [4.78, 5) is 11.9. The van der Waals surface area contributed by atoms with Gasteiger partial charge in [0.15, 0.2) is 6.10 Å². The fourth-order valence-electron chi connectivity index (χ4n) is 3.78. The van der Waals surface area contributed by atoms with Gasteiger partial charge in [-0.25, -0.2) is 4.79 Å². The van der Waals surface area contributed by atoms with Gasteiger partial charge in [0.1, 0.15) is 0 Å². The van der Waals surface area contributed by atoms with Crippen molar-refractivity contribution < 1.29 is 27.8 Å². The van der Waals surface area contributed by atoms with Gasteiger partial charge in [-0.2, -0.15) is 13.2 Å². The lowest BCUT2D eigenvalue weighted by Gasteiger charge is -2.53. The molecule has 0 bridgehead atoms. The molecule has 3 atom stereocenters. The monoisotopic (exact) mass is 338 g/mol. The molecule has 2 aliphatic carbocycles. The van der Waals surface area contributed by atoms with Crippen LogP contribution < -0.4 is 10.6 Å². The lowest BCUT2D eigenvalue weighted by Crippen LogP contribution is -2.64. The molecule has 0 aromatic heterocycles. The third-order valence-electron chi connectivity index (χ3n) is 5.07. The molecule has 0 aromatic carbocycles. The second-order valence-electron chi connectivity index (χ2n) is 6.42. The van der Waals surface area contributed by atoms with Crippen molar-refractivity contribution in [2.45, 2.75) is 69.9 Å². The van der Waals surface area contributed by atoms with E-state index >= 15 is 0 Å². The zero-order valence-corrected chi connectivity index (χ0v) is 13.3. The quantitative estimate of drug-likeness (QED) is 0.696.